The minimum Gasteiger partial charge on any atom is -0.493 e. The maximum atomic E-state index is 12.4. The van der Waals surface area contributed by atoms with Gasteiger partial charge in [-0.1, -0.05) is 42.5 Å². The molecule has 2 N–H and O–H groups in total. The molecule has 0 radical (unpaired) electrons. The zero-order valence-electron chi connectivity index (χ0n) is 15.8. The van der Waals surface area contributed by atoms with Crippen molar-refractivity contribution in [1.29, 1.82) is 0 Å². The summed E-state index contributed by atoms with van der Waals surface area (Å²) < 4.78 is 16.5. The SMILES string of the molecule is COc1cccc(CNC(=O)Nc2ccccc2Oc2ccccc2)c1OC. The summed E-state index contributed by atoms with van der Waals surface area (Å²) in [6.45, 7) is 0.286. The Morgan fingerprint density at radius 2 is 1.54 bits per heavy atom. The van der Waals surface area contributed by atoms with Gasteiger partial charge in [0.1, 0.15) is 5.75 Å². The van der Waals surface area contributed by atoms with Crippen LogP contribution in [0.25, 0.3) is 0 Å². The zero-order valence-corrected chi connectivity index (χ0v) is 15.8. The Hall–Kier alpha value is -3.67. The van der Waals surface area contributed by atoms with Crippen LogP contribution in [0.1, 0.15) is 5.56 Å². The van der Waals surface area contributed by atoms with Crippen molar-refractivity contribution in [3.8, 4) is 23.0 Å². The molecule has 2 amide bonds. The summed E-state index contributed by atoms with van der Waals surface area (Å²) in [5.41, 5.74) is 1.38. The quantitative estimate of drug-likeness (QED) is 0.619. The Kier molecular flexibility index (Phi) is 6.36. The number of carbonyl (C=O) groups is 1. The number of anilines is 1. The molecule has 0 aromatic heterocycles. The van der Waals surface area contributed by atoms with E-state index in [0.29, 0.717) is 28.7 Å². The minimum atomic E-state index is -0.353. The third-order valence-corrected chi connectivity index (χ3v) is 4.03. The van der Waals surface area contributed by atoms with Gasteiger partial charge < -0.3 is 24.8 Å². The van der Waals surface area contributed by atoms with Gasteiger partial charge in [-0.05, 0) is 30.3 Å². The molecule has 0 spiro atoms. The van der Waals surface area contributed by atoms with E-state index in [-0.39, 0.29) is 12.6 Å². The molecule has 0 unspecified atom stereocenters. The molecule has 0 aliphatic rings. The lowest BCUT2D eigenvalue weighted by Crippen LogP contribution is -2.28. The lowest BCUT2D eigenvalue weighted by Gasteiger charge is -2.15. The topological polar surface area (TPSA) is 68.8 Å². The largest absolute Gasteiger partial charge is 0.493 e. The van der Waals surface area contributed by atoms with Crippen LogP contribution in [-0.4, -0.2) is 20.3 Å². The van der Waals surface area contributed by atoms with Crippen molar-refractivity contribution < 1.29 is 19.0 Å². The molecule has 6 heteroatoms. The Labute approximate surface area is 164 Å². The molecule has 0 aliphatic carbocycles. The van der Waals surface area contributed by atoms with E-state index < -0.39 is 0 Å². The summed E-state index contributed by atoms with van der Waals surface area (Å²) in [4.78, 5) is 12.4. The van der Waals surface area contributed by atoms with Crippen LogP contribution in [0, 0.1) is 0 Å². The van der Waals surface area contributed by atoms with Crippen LogP contribution < -0.4 is 24.8 Å². The fraction of sp³-hybridized carbons (Fsp3) is 0.136. The molecular weight excluding hydrogens is 356 g/mol. The predicted molar refractivity (Wildman–Crippen MR) is 108 cm³/mol. The first kappa shape index (κ1) is 19.1. The average Bonchev–Trinajstić information content (AvgIpc) is 2.74. The van der Waals surface area contributed by atoms with Gasteiger partial charge in [-0.25, -0.2) is 4.79 Å². The molecular formula is C22H22N2O4. The van der Waals surface area contributed by atoms with Crippen molar-refractivity contribution >= 4 is 11.7 Å². The number of rotatable bonds is 7. The molecule has 3 aromatic carbocycles. The van der Waals surface area contributed by atoms with E-state index in [2.05, 4.69) is 10.6 Å². The molecule has 0 heterocycles. The van der Waals surface area contributed by atoms with Crippen LogP contribution in [0.3, 0.4) is 0 Å². The number of carbonyl (C=O) groups excluding carboxylic acids is 1. The van der Waals surface area contributed by atoms with Gasteiger partial charge >= 0.3 is 6.03 Å². The highest BCUT2D eigenvalue weighted by atomic mass is 16.5. The Morgan fingerprint density at radius 1 is 0.821 bits per heavy atom. The molecule has 0 atom stereocenters. The molecule has 0 saturated heterocycles. The maximum Gasteiger partial charge on any atom is 0.319 e. The van der Waals surface area contributed by atoms with Gasteiger partial charge in [0.2, 0.25) is 0 Å². The summed E-state index contributed by atoms with van der Waals surface area (Å²) in [5.74, 6) is 2.46. The van der Waals surface area contributed by atoms with Crippen LogP contribution in [0.5, 0.6) is 23.0 Å². The van der Waals surface area contributed by atoms with Crippen LogP contribution in [0.4, 0.5) is 10.5 Å². The van der Waals surface area contributed by atoms with Crippen molar-refractivity contribution in [2.75, 3.05) is 19.5 Å². The zero-order chi connectivity index (χ0) is 19.8. The van der Waals surface area contributed by atoms with Gasteiger partial charge in [-0.15, -0.1) is 0 Å². The first-order valence-corrected chi connectivity index (χ1v) is 8.78. The van der Waals surface area contributed by atoms with Gasteiger partial charge in [0.15, 0.2) is 17.2 Å². The van der Waals surface area contributed by atoms with Gasteiger partial charge in [0.25, 0.3) is 0 Å². The van der Waals surface area contributed by atoms with Gasteiger partial charge in [-0.3, -0.25) is 0 Å². The highest BCUT2D eigenvalue weighted by Crippen LogP contribution is 2.31. The van der Waals surface area contributed by atoms with Crippen molar-refractivity contribution in [3.63, 3.8) is 0 Å². The van der Waals surface area contributed by atoms with Gasteiger partial charge in [-0.2, -0.15) is 0 Å². The van der Waals surface area contributed by atoms with E-state index in [1.807, 2.05) is 54.6 Å². The van der Waals surface area contributed by atoms with E-state index in [9.17, 15) is 4.79 Å². The molecule has 144 valence electrons. The summed E-state index contributed by atoms with van der Waals surface area (Å²) in [5, 5.41) is 5.64. The minimum absolute atomic E-state index is 0.286. The fourth-order valence-electron chi connectivity index (χ4n) is 2.71. The van der Waals surface area contributed by atoms with E-state index in [1.54, 1.807) is 32.4 Å². The first-order valence-electron chi connectivity index (χ1n) is 8.78. The summed E-state index contributed by atoms with van der Waals surface area (Å²) >= 11 is 0. The predicted octanol–water partition coefficient (Wildman–Crippen LogP) is 4.82. The molecule has 0 saturated carbocycles. The third-order valence-electron chi connectivity index (χ3n) is 4.03. The molecule has 0 aliphatic heterocycles. The Morgan fingerprint density at radius 3 is 2.29 bits per heavy atom. The van der Waals surface area contributed by atoms with E-state index >= 15 is 0 Å². The van der Waals surface area contributed by atoms with Crippen molar-refractivity contribution in [2.45, 2.75) is 6.54 Å². The van der Waals surface area contributed by atoms with E-state index in [0.717, 1.165) is 5.56 Å². The van der Waals surface area contributed by atoms with E-state index in [1.165, 1.54) is 0 Å². The second-order valence-electron chi connectivity index (χ2n) is 5.87. The van der Waals surface area contributed by atoms with Gasteiger partial charge in [0, 0.05) is 12.1 Å². The Bertz CT molecular complexity index is 929. The van der Waals surface area contributed by atoms with Crippen molar-refractivity contribution in [1.82, 2.24) is 5.32 Å². The molecule has 3 aromatic rings. The number of amides is 2. The number of benzene rings is 3. The van der Waals surface area contributed by atoms with Crippen molar-refractivity contribution in [3.05, 3.63) is 78.4 Å². The van der Waals surface area contributed by atoms with Gasteiger partial charge in [0.05, 0.1) is 19.9 Å². The van der Waals surface area contributed by atoms with Crippen LogP contribution in [0.2, 0.25) is 0 Å². The number of ether oxygens (including phenoxy) is 3. The molecule has 6 nitrogen and oxygen atoms in total. The number of para-hydroxylation sites is 4. The highest BCUT2D eigenvalue weighted by molar-refractivity contribution is 5.91. The molecule has 28 heavy (non-hydrogen) atoms. The second kappa shape index (κ2) is 9.32. The monoisotopic (exact) mass is 378 g/mol. The molecule has 0 fully saturated rings. The number of hydrogen-bond acceptors (Lipinski definition) is 4. The smallest absolute Gasteiger partial charge is 0.319 e. The second-order valence-corrected chi connectivity index (χ2v) is 5.87. The summed E-state index contributed by atoms with van der Waals surface area (Å²) in [7, 11) is 3.14. The Balaban J connectivity index is 1.66. The molecule has 3 rings (SSSR count). The normalized spacial score (nSPS) is 10.1. The first-order chi connectivity index (χ1) is 13.7. The lowest BCUT2D eigenvalue weighted by atomic mass is 10.2. The number of methoxy groups -OCH3 is 2. The third kappa shape index (κ3) is 4.73. The standard InChI is InChI=1S/C22H22N2O4/c1-26-20-14-8-9-16(21(20)27-2)15-23-22(25)24-18-12-6-7-13-19(18)28-17-10-4-3-5-11-17/h3-14H,15H2,1-2H3,(H2,23,24,25). The average molecular weight is 378 g/mol. The van der Waals surface area contributed by atoms with Crippen molar-refractivity contribution in [2.24, 2.45) is 0 Å². The summed E-state index contributed by atoms with van der Waals surface area (Å²) in [6.07, 6.45) is 0. The van der Waals surface area contributed by atoms with Crippen LogP contribution in [0.15, 0.2) is 72.8 Å². The van der Waals surface area contributed by atoms with Crippen LogP contribution >= 0.6 is 0 Å². The van der Waals surface area contributed by atoms with E-state index in [4.69, 9.17) is 14.2 Å². The molecule has 0 bridgehead atoms. The number of hydrogen-bond donors (Lipinski definition) is 2. The number of urea groups is 1. The van der Waals surface area contributed by atoms with Crippen LogP contribution in [-0.2, 0) is 6.54 Å². The maximum absolute atomic E-state index is 12.4. The summed E-state index contributed by atoms with van der Waals surface area (Å²) in [6, 6.07) is 21.8. The fourth-order valence-corrected chi connectivity index (χ4v) is 2.71. The lowest BCUT2D eigenvalue weighted by molar-refractivity contribution is 0.251. The highest BCUT2D eigenvalue weighted by Gasteiger charge is 2.12. The number of nitrogens with one attached hydrogen (secondary N) is 2.